The summed E-state index contributed by atoms with van der Waals surface area (Å²) in [5.74, 6) is 3.70. The summed E-state index contributed by atoms with van der Waals surface area (Å²) in [6.07, 6.45) is 12.0. The smallest absolute Gasteiger partial charge is 0.151 e. The fourth-order valence-corrected chi connectivity index (χ4v) is 4.59. The zero-order chi connectivity index (χ0) is 14.9. The molecule has 0 aromatic carbocycles. The predicted molar refractivity (Wildman–Crippen MR) is 88.7 cm³/mol. The molecule has 22 heavy (non-hydrogen) atoms. The van der Waals surface area contributed by atoms with Crippen LogP contribution in [0.2, 0.25) is 0 Å². The summed E-state index contributed by atoms with van der Waals surface area (Å²) in [7, 11) is 2.16. The molecule has 0 unspecified atom stereocenters. The number of hydrogen-bond donors (Lipinski definition) is 0. The van der Waals surface area contributed by atoms with Gasteiger partial charge in [0.15, 0.2) is 5.82 Å². The molecule has 0 N–H and O–H groups in total. The van der Waals surface area contributed by atoms with Crippen molar-refractivity contribution >= 4 is 5.82 Å². The van der Waals surface area contributed by atoms with Crippen LogP contribution in [-0.4, -0.2) is 47.8 Å². The molecule has 1 aliphatic heterocycles. The minimum absolute atomic E-state index is 0.605. The Hall–Kier alpha value is -1.42. The van der Waals surface area contributed by atoms with Crippen LogP contribution in [0.25, 0.3) is 0 Å². The second-order valence-corrected chi connectivity index (χ2v) is 7.26. The molecule has 4 nitrogen and oxygen atoms in total. The molecule has 2 bridgehead atoms. The van der Waals surface area contributed by atoms with Crippen LogP contribution in [0.3, 0.4) is 0 Å². The van der Waals surface area contributed by atoms with Crippen molar-refractivity contribution in [1.82, 2.24) is 15.1 Å². The van der Waals surface area contributed by atoms with E-state index in [1.165, 1.54) is 45.3 Å². The van der Waals surface area contributed by atoms with Gasteiger partial charge in [0.2, 0.25) is 0 Å². The molecule has 2 fully saturated rings. The number of piperidine rings is 1. The van der Waals surface area contributed by atoms with Crippen molar-refractivity contribution in [2.24, 2.45) is 17.8 Å². The van der Waals surface area contributed by atoms with Crippen LogP contribution in [0.5, 0.6) is 0 Å². The van der Waals surface area contributed by atoms with Crippen molar-refractivity contribution in [3.63, 3.8) is 0 Å². The minimum Gasteiger partial charge on any atom is -0.355 e. The first-order valence-corrected chi connectivity index (χ1v) is 8.71. The fourth-order valence-electron chi connectivity index (χ4n) is 4.59. The quantitative estimate of drug-likeness (QED) is 0.800. The van der Waals surface area contributed by atoms with Gasteiger partial charge in [-0.25, -0.2) is 0 Å². The third kappa shape index (κ3) is 2.76. The lowest BCUT2D eigenvalue weighted by molar-refractivity contribution is 0.171. The Morgan fingerprint density at radius 1 is 1.23 bits per heavy atom. The molecule has 1 saturated heterocycles. The van der Waals surface area contributed by atoms with E-state index in [1.807, 2.05) is 6.07 Å². The van der Waals surface area contributed by atoms with Crippen molar-refractivity contribution in [3.8, 4) is 0 Å². The zero-order valence-corrected chi connectivity index (χ0v) is 13.4. The highest BCUT2D eigenvalue weighted by molar-refractivity contribution is 5.36. The van der Waals surface area contributed by atoms with Gasteiger partial charge in [-0.15, -0.1) is 5.10 Å². The van der Waals surface area contributed by atoms with Crippen molar-refractivity contribution in [1.29, 1.82) is 0 Å². The van der Waals surface area contributed by atoms with Gasteiger partial charge in [0.25, 0.3) is 0 Å². The summed E-state index contributed by atoms with van der Waals surface area (Å²) in [5.41, 5.74) is 0. The van der Waals surface area contributed by atoms with E-state index in [1.54, 1.807) is 6.20 Å². The second kappa shape index (κ2) is 5.99. The Labute approximate surface area is 133 Å². The van der Waals surface area contributed by atoms with Gasteiger partial charge < -0.3 is 9.80 Å². The molecule has 2 heterocycles. The van der Waals surface area contributed by atoms with Crippen LogP contribution in [-0.2, 0) is 0 Å². The van der Waals surface area contributed by atoms with Gasteiger partial charge >= 0.3 is 0 Å². The van der Waals surface area contributed by atoms with Crippen LogP contribution in [0, 0.1) is 17.8 Å². The SMILES string of the molecule is CN(c1cccnn1)C1CCN(C[C@@H]2C[C@H]3C=C[C@H]2C3)CC1. The van der Waals surface area contributed by atoms with Crippen LogP contribution in [0.15, 0.2) is 30.5 Å². The first kappa shape index (κ1) is 14.2. The lowest BCUT2D eigenvalue weighted by Gasteiger charge is -2.38. The number of rotatable bonds is 4. The van der Waals surface area contributed by atoms with Crippen LogP contribution in [0.4, 0.5) is 5.82 Å². The maximum Gasteiger partial charge on any atom is 0.151 e. The molecule has 1 aromatic heterocycles. The molecule has 0 spiro atoms. The molecular formula is C18H26N4. The summed E-state index contributed by atoms with van der Waals surface area (Å²) in [6, 6.07) is 4.63. The molecule has 3 aliphatic rings. The van der Waals surface area contributed by atoms with E-state index in [9.17, 15) is 0 Å². The lowest BCUT2D eigenvalue weighted by Crippen LogP contribution is -2.45. The molecule has 4 rings (SSSR count). The molecule has 118 valence electrons. The van der Waals surface area contributed by atoms with Crippen LogP contribution >= 0.6 is 0 Å². The number of allylic oxidation sites excluding steroid dienone is 2. The summed E-state index contributed by atoms with van der Waals surface area (Å²) in [4.78, 5) is 5.00. The van der Waals surface area contributed by atoms with Crippen molar-refractivity contribution < 1.29 is 0 Å². The van der Waals surface area contributed by atoms with E-state index in [4.69, 9.17) is 0 Å². The molecule has 2 aliphatic carbocycles. The Bertz CT molecular complexity index is 521. The minimum atomic E-state index is 0.605. The number of hydrogen-bond acceptors (Lipinski definition) is 4. The third-order valence-corrected chi connectivity index (χ3v) is 5.93. The standard InChI is InChI=1S/C18H26N4/c1-21(18-3-2-8-19-20-18)17-6-9-22(10-7-17)13-16-12-14-4-5-15(16)11-14/h2-5,8,14-17H,6-7,9-13H2,1H3/t14-,15-,16-/m0/s1. The first-order valence-electron chi connectivity index (χ1n) is 8.71. The van der Waals surface area contributed by atoms with E-state index in [0.29, 0.717) is 6.04 Å². The largest absolute Gasteiger partial charge is 0.355 e. The van der Waals surface area contributed by atoms with Crippen molar-refractivity contribution in [2.75, 3.05) is 31.6 Å². The number of likely N-dealkylation sites (tertiary alicyclic amines) is 1. The van der Waals surface area contributed by atoms with E-state index in [2.05, 4.69) is 45.3 Å². The molecular weight excluding hydrogens is 272 g/mol. The van der Waals surface area contributed by atoms with Crippen LogP contribution < -0.4 is 4.90 Å². The van der Waals surface area contributed by atoms with Gasteiger partial charge in [0.1, 0.15) is 0 Å². The predicted octanol–water partition coefficient (Wildman–Crippen LogP) is 2.59. The zero-order valence-electron chi connectivity index (χ0n) is 13.4. The molecule has 4 heteroatoms. The van der Waals surface area contributed by atoms with Crippen molar-refractivity contribution in [2.45, 2.75) is 31.7 Å². The van der Waals surface area contributed by atoms with E-state index < -0.39 is 0 Å². The van der Waals surface area contributed by atoms with Crippen LogP contribution in [0.1, 0.15) is 25.7 Å². The highest BCUT2D eigenvalue weighted by atomic mass is 15.3. The van der Waals surface area contributed by atoms with Gasteiger partial charge in [-0.2, -0.15) is 5.10 Å². The maximum atomic E-state index is 4.24. The average molecular weight is 298 g/mol. The fraction of sp³-hybridized carbons (Fsp3) is 0.667. The summed E-state index contributed by atoms with van der Waals surface area (Å²) in [5, 5.41) is 8.23. The van der Waals surface area contributed by atoms with Crippen molar-refractivity contribution in [3.05, 3.63) is 30.5 Å². The summed E-state index contributed by atoms with van der Waals surface area (Å²) in [6.45, 7) is 3.77. The number of fused-ring (bicyclic) bond motifs is 2. The Balaban J connectivity index is 1.28. The highest BCUT2D eigenvalue weighted by Gasteiger charge is 2.37. The molecule has 0 radical (unpaired) electrons. The first-order chi connectivity index (χ1) is 10.8. The van der Waals surface area contributed by atoms with Gasteiger partial charge in [-0.1, -0.05) is 12.2 Å². The Kier molecular flexibility index (Phi) is 3.87. The van der Waals surface area contributed by atoms with Gasteiger partial charge in [0.05, 0.1) is 0 Å². The van der Waals surface area contributed by atoms with E-state index in [-0.39, 0.29) is 0 Å². The monoisotopic (exact) mass is 298 g/mol. The normalized spacial score (nSPS) is 31.8. The maximum absolute atomic E-state index is 4.24. The lowest BCUT2D eigenvalue weighted by atomic mass is 9.92. The summed E-state index contributed by atoms with van der Waals surface area (Å²) < 4.78 is 0. The highest BCUT2D eigenvalue weighted by Crippen LogP contribution is 2.43. The number of aromatic nitrogens is 2. The molecule has 0 amide bonds. The Morgan fingerprint density at radius 2 is 2.09 bits per heavy atom. The van der Waals surface area contributed by atoms with Gasteiger partial charge in [-0.05, 0) is 55.6 Å². The number of anilines is 1. The summed E-state index contributed by atoms with van der Waals surface area (Å²) >= 11 is 0. The molecule has 1 aromatic rings. The van der Waals surface area contributed by atoms with E-state index >= 15 is 0 Å². The topological polar surface area (TPSA) is 32.3 Å². The Morgan fingerprint density at radius 3 is 2.73 bits per heavy atom. The average Bonchev–Trinajstić information content (AvgIpc) is 3.19. The van der Waals surface area contributed by atoms with Gasteiger partial charge in [-0.3, -0.25) is 0 Å². The second-order valence-electron chi connectivity index (χ2n) is 7.26. The number of nitrogens with zero attached hydrogens (tertiary/aromatic N) is 4. The molecule has 1 saturated carbocycles. The third-order valence-electron chi connectivity index (χ3n) is 5.93. The molecule has 3 atom stereocenters. The van der Waals surface area contributed by atoms with Gasteiger partial charge in [0, 0.05) is 38.9 Å². The van der Waals surface area contributed by atoms with E-state index in [0.717, 1.165) is 23.6 Å².